The molecule has 1 aromatic rings. The summed E-state index contributed by atoms with van der Waals surface area (Å²) in [6, 6.07) is 8.41. The van der Waals surface area contributed by atoms with Crippen LogP contribution in [0, 0.1) is 0 Å². The lowest BCUT2D eigenvalue weighted by Gasteiger charge is -2.34. The lowest BCUT2D eigenvalue weighted by Crippen LogP contribution is -2.37. The SMILES string of the molecule is CC(c1cccc(Cl)c1)N1CCC(O)CC1. The minimum Gasteiger partial charge on any atom is -0.393 e. The Morgan fingerprint density at radius 2 is 2.06 bits per heavy atom. The second kappa shape index (κ2) is 5.17. The van der Waals surface area contributed by atoms with Crippen molar-refractivity contribution in [3.63, 3.8) is 0 Å². The summed E-state index contributed by atoms with van der Waals surface area (Å²) >= 11 is 5.99. The molecule has 1 aliphatic heterocycles. The van der Waals surface area contributed by atoms with Gasteiger partial charge in [-0.2, -0.15) is 0 Å². The van der Waals surface area contributed by atoms with Crippen LogP contribution >= 0.6 is 11.6 Å². The molecule has 1 unspecified atom stereocenters. The second-order valence-electron chi connectivity index (χ2n) is 4.50. The van der Waals surface area contributed by atoms with Gasteiger partial charge in [-0.3, -0.25) is 4.90 Å². The molecule has 1 saturated heterocycles. The van der Waals surface area contributed by atoms with Crippen LogP contribution in [0.4, 0.5) is 0 Å². The molecule has 0 saturated carbocycles. The van der Waals surface area contributed by atoms with Gasteiger partial charge < -0.3 is 5.11 Å². The molecule has 0 bridgehead atoms. The van der Waals surface area contributed by atoms with E-state index < -0.39 is 0 Å². The van der Waals surface area contributed by atoms with Crippen LogP contribution < -0.4 is 0 Å². The maximum absolute atomic E-state index is 9.48. The summed E-state index contributed by atoms with van der Waals surface area (Å²) in [6.07, 6.45) is 1.65. The summed E-state index contributed by atoms with van der Waals surface area (Å²) in [6.45, 7) is 4.13. The highest BCUT2D eigenvalue weighted by Gasteiger charge is 2.22. The van der Waals surface area contributed by atoms with Crippen molar-refractivity contribution in [2.45, 2.75) is 31.9 Å². The average molecular weight is 240 g/mol. The van der Waals surface area contributed by atoms with Crippen LogP contribution in [0.5, 0.6) is 0 Å². The molecule has 1 aromatic carbocycles. The number of hydrogen-bond donors (Lipinski definition) is 1. The number of benzene rings is 1. The summed E-state index contributed by atoms with van der Waals surface area (Å²) in [5.74, 6) is 0. The van der Waals surface area contributed by atoms with Crippen molar-refractivity contribution in [2.24, 2.45) is 0 Å². The number of hydrogen-bond acceptors (Lipinski definition) is 2. The van der Waals surface area contributed by atoms with E-state index in [1.54, 1.807) is 0 Å². The topological polar surface area (TPSA) is 23.5 Å². The monoisotopic (exact) mass is 239 g/mol. The van der Waals surface area contributed by atoms with E-state index >= 15 is 0 Å². The zero-order valence-electron chi connectivity index (χ0n) is 9.56. The van der Waals surface area contributed by atoms with Gasteiger partial charge in [0.25, 0.3) is 0 Å². The van der Waals surface area contributed by atoms with Crippen molar-refractivity contribution >= 4 is 11.6 Å². The minimum absolute atomic E-state index is 0.109. The van der Waals surface area contributed by atoms with E-state index in [9.17, 15) is 5.11 Å². The Morgan fingerprint density at radius 3 is 2.69 bits per heavy atom. The van der Waals surface area contributed by atoms with Gasteiger partial charge in [0, 0.05) is 24.2 Å². The van der Waals surface area contributed by atoms with Crippen molar-refractivity contribution in [3.05, 3.63) is 34.9 Å². The Bertz CT molecular complexity index is 348. The van der Waals surface area contributed by atoms with Crippen molar-refractivity contribution in [2.75, 3.05) is 13.1 Å². The first kappa shape index (κ1) is 11.9. The van der Waals surface area contributed by atoms with Crippen LogP contribution in [-0.2, 0) is 0 Å². The van der Waals surface area contributed by atoms with E-state index in [4.69, 9.17) is 11.6 Å². The summed E-state index contributed by atoms with van der Waals surface area (Å²) in [7, 11) is 0. The maximum atomic E-state index is 9.48. The van der Waals surface area contributed by atoms with Crippen LogP contribution in [0.3, 0.4) is 0 Å². The quantitative estimate of drug-likeness (QED) is 0.858. The van der Waals surface area contributed by atoms with Crippen LogP contribution in [0.1, 0.15) is 31.4 Å². The molecule has 2 nitrogen and oxygen atoms in total. The Morgan fingerprint density at radius 1 is 1.38 bits per heavy atom. The van der Waals surface area contributed by atoms with Crippen molar-refractivity contribution < 1.29 is 5.11 Å². The molecule has 88 valence electrons. The van der Waals surface area contributed by atoms with Gasteiger partial charge in [-0.1, -0.05) is 23.7 Å². The van der Waals surface area contributed by atoms with E-state index in [-0.39, 0.29) is 6.10 Å². The van der Waals surface area contributed by atoms with Crippen molar-refractivity contribution in [1.29, 1.82) is 0 Å². The van der Waals surface area contributed by atoms with Crippen LogP contribution in [-0.4, -0.2) is 29.2 Å². The van der Waals surface area contributed by atoms with Gasteiger partial charge in [-0.15, -0.1) is 0 Å². The van der Waals surface area contributed by atoms with Crippen LogP contribution in [0.15, 0.2) is 24.3 Å². The van der Waals surface area contributed by atoms with E-state index in [0.29, 0.717) is 6.04 Å². The summed E-state index contributed by atoms with van der Waals surface area (Å²) in [5.41, 5.74) is 1.25. The van der Waals surface area contributed by atoms with E-state index in [0.717, 1.165) is 31.0 Å². The van der Waals surface area contributed by atoms with E-state index in [1.165, 1.54) is 5.56 Å². The highest BCUT2D eigenvalue weighted by molar-refractivity contribution is 6.30. The fraction of sp³-hybridized carbons (Fsp3) is 0.538. The molecule has 16 heavy (non-hydrogen) atoms. The fourth-order valence-corrected chi connectivity index (χ4v) is 2.45. The molecule has 2 rings (SSSR count). The zero-order chi connectivity index (χ0) is 11.5. The number of aliphatic hydroxyl groups excluding tert-OH is 1. The van der Waals surface area contributed by atoms with Crippen LogP contribution in [0.2, 0.25) is 5.02 Å². The van der Waals surface area contributed by atoms with Gasteiger partial charge >= 0.3 is 0 Å². The molecule has 1 atom stereocenters. The Kier molecular flexibility index (Phi) is 3.85. The van der Waals surface area contributed by atoms with Gasteiger partial charge in [0.1, 0.15) is 0 Å². The molecule has 3 heteroatoms. The summed E-state index contributed by atoms with van der Waals surface area (Å²) in [5, 5.41) is 10.3. The van der Waals surface area contributed by atoms with Gasteiger partial charge in [0.05, 0.1) is 6.10 Å². The highest BCUT2D eigenvalue weighted by atomic mass is 35.5. The van der Waals surface area contributed by atoms with Gasteiger partial charge in [0.2, 0.25) is 0 Å². The minimum atomic E-state index is -0.109. The molecule has 0 aromatic heterocycles. The average Bonchev–Trinajstić information content (AvgIpc) is 2.29. The normalized spacial score (nSPS) is 20.9. The molecule has 0 amide bonds. The number of likely N-dealkylation sites (tertiary alicyclic amines) is 1. The molecule has 0 aliphatic carbocycles. The molecule has 1 N–H and O–H groups in total. The lowest BCUT2D eigenvalue weighted by molar-refractivity contribution is 0.0645. The van der Waals surface area contributed by atoms with Crippen LogP contribution in [0.25, 0.3) is 0 Å². The van der Waals surface area contributed by atoms with Gasteiger partial charge in [-0.05, 0) is 37.5 Å². The van der Waals surface area contributed by atoms with Gasteiger partial charge in [0.15, 0.2) is 0 Å². The smallest absolute Gasteiger partial charge is 0.0564 e. The molecule has 1 fully saturated rings. The summed E-state index contributed by atoms with van der Waals surface area (Å²) in [4.78, 5) is 2.40. The molecule has 1 aliphatic rings. The number of rotatable bonds is 2. The number of halogens is 1. The first-order valence-electron chi connectivity index (χ1n) is 5.84. The third-order valence-corrected chi connectivity index (χ3v) is 3.61. The third-order valence-electron chi connectivity index (χ3n) is 3.38. The largest absolute Gasteiger partial charge is 0.393 e. The number of piperidine rings is 1. The molecular weight excluding hydrogens is 222 g/mol. The van der Waals surface area contributed by atoms with Crippen molar-refractivity contribution in [1.82, 2.24) is 4.90 Å². The predicted octanol–water partition coefficient (Wildman–Crippen LogP) is 2.86. The first-order valence-corrected chi connectivity index (χ1v) is 6.22. The molecular formula is C13H18ClNO. The molecule has 0 spiro atoms. The van der Waals surface area contributed by atoms with Crippen molar-refractivity contribution in [3.8, 4) is 0 Å². The second-order valence-corrected chi connectivity index (χ2v) is 4.93. The summed E-state index contributed by atoms with van der Waals surface area (Å²) < 4.78 is 0. The van der Waals surface area contributed by atoms with E-state index in [1.807, 2.05) is 18.2 Å². The van der Waals surface area contributed by atoms with Gasteiger partial charge in [-0.25, -0.2) is 0 Å². The molecule has 1 heterocycles. The number of aliphatic hydroxyl groups is 1. The zero-order valence-corrected chi connectivity index (χ0v) is 10.3. The first-order chi connectivity index (χ1) is 7.66. The third kappa shape index (κ3) is 2.76. The predicted molar refractivity (Wildman–Crippen MR) is 66.7 cm³/mol. The molecule has 0 radical (unpaired) electrons. The standard InChI is InChI=1S/C13H18ClNO/c1-10(11-3-2-4-12(14)9-11)15-7-5-13(16)6-8-15/h2-4,9-10,13,16H,5-8H2,1H3. The van der Waals surface area contributed by atoms with E-state index in [2.05, 4.69) is 17.9 Å². The number of nitrogens with zero attached hydrogens (tertiary/aromatic N) is 1. The lowest BCUT2D eigenvalue weighted by atomic mass is 10.0. The Labute approximate surface area is 102 Å². The maximum Gasteiger partial charge on any atom is 0.0564 e. The highest BCUT2D eigenvalue weighted by Crippen LogP contribution is 2.25. The fourth-order valence-electron chi connectivity index (χ4n) is 2.25. The Balaban J connectivity index is 2.04. The Hall–Kier alpha value is -0.570.